The predicted molar refractivity (Wildman–Crippen MR) is 64.2 cm³/mol. The minimum Gasteiger partial charge on any atom is -0.308 e. The fraction of sp³-hybridized carbons (Fsp3) is 0.545. The molecule has 0 fully saturated rings. The third-order valence-corrected chi connectivity index (χ3v) is 4.16. The lowest BCUT2D eigenvalue weighted by atomic mass is 9.88. The molecule has 0 N–H and O–H groups in total. The van der Waals surface area contributed by atoms with Gasteiger partial charge in [-0.1, -0.05) is 26.8 Å². The van der Waals surface area contributed by atoms with E-state index in [4.69, 9.17) is 9.05 Å². The number of rotatable bonds is 3. The van der Waals surface area contributed by atoms with Crippen LogP contribution in [-0.2, 0) is 19.0 Å². The molecule has 0 amide bonds. The number of aromatic nitrogens is 1. The van der Waals surface area contributed by atoms with Gasteiger partial charge in [-0.3, -0.25) is 4.57 Å². The van der Waals surface area contributed by atoms with Gasteiger partial charge >= 0.3 is 7.60 Å². The highest BCUT2D eigenvalue weighted by Crippen LogP contribution is 2.44. The Morgan fingerprint density at radius 2 is 1.75 bits per heavy atom. The van der Waals surface area contributed by atoms with Crippen molar-refractivity contribution in [1.82, 2.24) is 4.98 Å². The van der Waals surface area contributed by atoms with E-state index in [1.165, 1.54) is 14.2 Å². The van der Waals surface area contributed by atoms with E-state index < -0.39 is 7.60 Å². The molecule has 90 valence electrons. The maximum atomic E-state index is 12.0. The van der Waals surface area contributed by atoms with Crippen molar-refractivity contribution >= 4 is 13.0 Å². The summed E-state index contributed by atoms with van der Waals surface area (Å²) >= 11 is 0. The minimum atomic E-state index is -3.22. The largest absolute Gasteiger partial charge is 0.379 e. The second-order valence-corrected chi connectivity index (χ2v) is 6.70. The third-order valence-electron chi connectivity index (χ3n) is 2.38. The summed E-state index contributed by atoms with van der Waals surface area (Å²) in [4.78, 5) is 4.15. The third kappa shape index (κ3) is 2.70. The van der Waals surface area contributed by atoms with Gasteiger partial charge in [-0.15, -0.1) is 0 Å². The van der Waals surface area contributed by atoms with Crippen LogP contribution in [0.25, 0.3) is 0 Å². The molecule has 0 atom stereocenters. The molecule has 0 spiro atoms. The van der Waals surface area contributed by atoms with Crippen molar-refractivity contribution < 1.29 is 13.6 Å². The van der Waals surface area contributed by atoms with Crippen LogP contribution in [0.5, 0.6) is 0 Å². The molecule has 1 heterocycles. The van der Waals surface area contributed by atoms with Crippen molar-refractivity contribution in [3.05, 3.63) is 23.9 Å². The fourth-order valence-corrected chi connectivity index (χ4v) is 2.23. The highest BCUT2D eigenvalue weighted by atomic mass is 31.2. The van der Waals surface area contributed by atoms with Crippen LogP contribution in [-0.4, -0.2) is 19.2 Å². The van der Waals surface area contributed by atoms with Crippen molar-refractivity contribution in [2.45, 2.75) is 26.2 Å². The topological polar surface area (TPSA) is 48.4 Å². The number of hydrogen-bond acceptors (Lipinski definition) is 4. The van der Waals surface area contributed by atoms with Gasteiger partial charge in [0.1, 0.15) is 0 Å². The predicted octanol–water partition coefficient (Wildman–Crippen LogP) is 2.49. The van der Waals surface area contributed by atoms with Gasteiger partial charge in [0, 0.05) is 20.4 Å². The lowest BCUT2D eigenvalue weighted by Crippen LogP contribution is -2.16. The standard InChI is InChI=1S/C11H18NO3P/c1-11(2,3)9-6-7-10(12-8-9)16(13,14-4)15-5/h6-8H,1-5H3. The second-order valence-electron chi connectivity index (χ2n) is 4.52. The van der Waals surface area contributed by atoms with E-state index in [9.17, 15) is 4.57 Å². The first-order valence-electron chi connectivity index (χ1n) is 5.02. The summed E-state index contributed by atoms with van der Waals surface area (Å²) in [5.74, 6) is 0. The van der Waals surface area contributed by atoms with Gasteiger partial charge in [0.25, 0.3) is 0 Å². The monoisotopic (exact) mass is 243 g/mol. The summed E-state index contributed by atoms with van der Waals surface area (Å²) in [6, 6.07) is 3.58. The molecule has 0 saturated carbocycles. The van der Waals surface area contributed by atoms with Crippen molar-refractivity contribution in [2.24, 2.45) is 0 Å². The highest BCUT2D eigenvalue weighted by molar-refractivity contribution is 7.61. The van der Waals surface area contributed by atoms with Gasteiger partial charge in [-0.25, -0.2) is 4.98 Å². The number of pyridine rings is 1. The Kier molecular flexibility index (Phi) is 3.89. The van der Waals surface area contributed by atoms with Crippen LogP contribution in [0.3, 0.4) is 0 Å². The summed E-state index contributed by atoms with van der Waals surface area (Å²) in [5, 5.41) is 0. The molecule has 0 aliphatic rings. The Labute approximate surface area is 96.5 Å². The average Bonchev–Trinajstić information content (AvgIpc) is 2.27. The van der Waals surface area contributed by atoms with Gasteiger partial charge in [-0.2, -0.15) is 0 Å². The Hall–Kier alpha value is -0.700. The van der Waals surface area contributed by atoms with Crippen molar-refractivity contribution in [2.75, 3.05) is 14.2 Å². The normalized spacial score (nSPS) is 12.8. The van der Waals surface area contributed by atoms with Crippen LogP contribution in [0.1, 0.15) is 26.3 Å². The van der Waals surface area contributed by atoms with Crippen LogP contribution in [0.2, 0.25) is 0 Å². The van der Waals surface area contributed by atoms with E-state index in [-0.39, 0.29) is 5.41 Å². The van der Waals surface area contributed by atoms with Crippen molar-refractivity contribution in [3.63, 3.8) is 0 Å². The van der Waals surface area contributed by atoms with Gasteiger partial charge in [0.05, 0.1) is 0 Å². The Morgan fingerprint density at radius 3 is 2.06 bits per heavy atom. The molecular formula is C11H18NO3P. The van der Waals surface area contributed by atoms with Crippen LogP contribution in [0.15, 0.2) is 18.3 Å². The highest BCUT2D eigenvalue weighted by Gasteiger charge is 2.26. The fourth-order valence-electron chi connectivity index (χ4n) is 1.25. The maximum absolute atomic E-state index is 12.0. The van der Waals surface area contributed by atoms with E-state index in [0.717, 1.165) is 5.56 Å². The number of hydrogen-bond donors (Lipinski definition) is 0. The molecule has 4 nitrogen and oxygen atoms in total. The molecule has 0 aliphatic carbocycles. The molecule has 0 radical (unpaired) electrons. The Morgan fingerprint density at radius 1 is 1.19 bits per heavy atom. The molecule has 1 rings (SSSR count). The molecule has 0 aromatic carbocycles. The first kappa shape index (κ1) is 13.4. The molecule has 0 bridgehead atoms. The second kappa shape index (κ2) is 4.66. The van der Waals surface area contributed by atoms with Crippen LogP contribution >= 0.6 is 7.60 Å². The average molecular weight is 243 g/mol. The summed E-state index contributed by atoms with van der Waals surface area (Å²) in [6.45, 7) is 6.28. The van der Waals surface area contributed by atoms with Crippen molar-refractivity contribution in [3.8, 4) is 0 Å². The van der Waals surface area contributed by atoms with Gasteiger partial charge in [0.15, 0.2) is 5.44 Å². The van der Waals surface area contributed by atoms with E-state index in [1.807, 2.05) is 6.07 Å². The minimum absolute atomic E-state index is 0.0235. The first-order chi connectivity index (χ1) is 7.33. The summed E-state index contributed by atoms with van der Waals surface area (Å²) < 4.78 is 21.7. The lowest BCUT2D eigenvalue weighted by molar-refractivity contribution is 0.286. The molecule has 0 aliphatic heterocycles. The van der Waals surface area contributed by atoms with E-state index in [2.05, 4.69) is 25.8 Å². The van der Waals surface area contributed by atoms with Crippen LogP contribution < -0.4 is 5.44 Å². The molecule has 5 heteroatoms. The lowest BCUT2D eigenvalue weighted by Gasteiger charge is -2.19. The zero-order chi connectivity index (χ0) is 12.4. The zero-order valence-electron chi connectivity index (χ0n) is 10.4. The molecule has 1 aromatic heterocycles. The number of nitrogens with zero attached hydrogens (tertiary/aromatic N) is 1. The SMILES string of the molecule is COP(=O)(OC)c1ccc(C(C)(C)C)cn1. The molecule has 0 saturated heterocycles. The Balaban J connectivity index is 3.09. The van der Waals surface area contributed by atoms with Crippen LogP contribution in [0.4, 0.5) is 0 Å². The molecule has 0 unspecified atom stereocenters. The van der Waals surface area contributed by atoms with Gasteiger partial charge in [0.2, 0.25) is 0 Å². The van der Waals surface area contributed by atoms with Crippen LogP contribution in [0, 0.1) is 0 Å². The Bertz CT molecular complexity index is 387. The van der Waals surface area contributed by atoms with Gasteiger partial charge in [-0.05, 0) is 17.0 Å². The zero-order valence-corrected chi connectivity index (χ0v) is 11.2. The molecule has 16 heavy (non-hydrogen) atoms. The van der Waals surface area contributed by atoms with Crippen molar-refractivity contribution in [1.29, 1.82) is 0 Å². The first-order valence-corrected chi connectivity index (χ1v) is 6.56. The molecular weight excluding hydrogens is 225 g/mol. The summed E-state index contributed by atoms with van der Waals surface area (Å²) in [7, 11) is -0.515. The summed E-state index contributed by atoms with van der Waals surface area (Å²) in [6.07, 6.45) is 1.71. The molecule has 1 aromatic rings. The van der Waals surface area contributed by atoms with E-state index >= 15 is 0 Å². The smallest absolute Gasteiger partial charge is 0.308 e. The van der Waals surface area contributed by atoms with E-state index in [0.29, 0.717) is 5.44 Å². The van der Waals surface area contributed by atoms with E-state index in [1.54, 1.807) is 12.3 Å². The van der Waals surface area contributed by atoms with Gasteiger partial charge < -0.3 is 9.05 Å². The maximum Gasteiger partial charge on any atom is 0.379 e. The summed E-state index contributed by atoms with van der Waals surface area (Å²) in [5.41, 5.74) is 1.44. The quantitative estimate of drug-likeness (QED) is 0.765.